The maximum Gasteiger partial charge on any atom is 0.228 e. The summed E-state index contributed by atoms with van der Waals surface area (Å²) in [6, 6.07) is 8.15. The summed E-state index contributed by atoms with van der Waals surface area (Å²) in [5.41, 5.74) is 2.21. The molecule has 3 unspecified atom stereocenters. The van der Waals surface area contributed by atoms with E-state index in [2.05, 4.69) is 44.3 Å². The molecule has 0 spiro atoms. The van der Waals surface area contributed by atoms with Gasteiger partial charge in [0.2, 0.25) is 5.91 Å². The van der Waals surface area contributed by atoms with Crippen molar-refractivity contribution < 1.29 is 4.79 Å². The van der Waals surface area contributed by atoms with Crippen LogP contribution >= 0.6 is 0 Å². The minimum atomic E-state index is 0.0401. The lowest BCUT2D eigenvalue weighted by atomic mass is 9.85. The van der Waals surface area contributed by atoms with E-state index in [1.807, 2.05) is 18.2 Å². The molecule has 2 bridgehead atoms. The Morgan fingerprint density at radius 2 is 1.90 bits per heavy atom. The average molecular weight is 269 g/mol. The number of anilines is 1. The van der Waals surface area contributed by atoms with Crippen LogP contribution in [0.1, 0.15) is 39.2 Å². The number of fused-ring (bicyclic) bond motifs is 2. The molecule has 20 heavy (non-hydrogen) atoms. The molecule has 0 aliphatic heterocycles. The van der Waals surface area contributed by atoms with Crippen LogP contribution in [0, 0.1) is 17.8 Å². The zero-order valence-electron chi connectivity index (χ0n) is 12.5. The number of hydrogen-bond donors (Lipinski definition) is 1. The monoisotopic (exact) mass is 269 g/mol. The predicted molar refractivity (Wildman–Crippen MR) is 82.6 cm³/mol. The third-order valence-corrected chi connectivity index (χ3v) is 4.61. The van der Waals surface area contributed by atoms with Crippen molar-refractivity contribution in [1.29, 1.82) is 0 Å². The second-order valence-corrected chi connectivity index (χ2v) is 7.17. The van der Waals surface area contributed by atoms with E-state index in [0.29, 0.717) is 11.8 Å². The highest BCUT2D eigenvalue weighted by Crippen LogP contribution is 2.44. The first-order valence-corrected chi connectivity index (χ1v) is 7.54. The molecule has 2 aliphatic rings. The predicted octanol–water partition coefficient (Wildman–Crippen LogP) is 4.13. The van der Waals surface area contributed by atoms with Gasteiger partial charge < -0.3 is 5.32 Å². The molecule has 106 valence electrons. The minimum absolute atomic E-state index is 0.0401. The Kier molecular flexibility index (Phi) is 3.19. The highest BCUT2D eigenvalue weighted by molar-refractivity contribution is 5.94. The number of hydrogen-bond acceptors (Lipinski definition) is 1. The standard InChI is InChI=1S/C18H23NO/c1-18(2,3)15-6-4-5-7-16(15)19-17(20)14-11-12-8-9-13(14)10-12/h4-9,12-14H,10-11H2,1-3H3,(H,19,20). The first kappa shape index (κ1) is 13.4. The Labute approximate surface area is 121 Å². The van der Waals surface area contributed by atoms with Gasteiger partial charge in [0.25, 0.3) is 0 Å². The van der Waals surface area contributed by atoms with Crippen molar-refractivity contribution in [2.75, 3.05) is 5.32 Å². The van der Waals surface area contributed by atoms with Crippen LogP contribution in [0.25, 0.3) is 0 Å². The molecule has 1 amide bonds. The van der Waals surface area contributed by atoms with Gasteiger partial charge in [-0.15, -0.1) is 0 Å². The van der Waals surface area contributed by atoms with Crippen LogP contribution in [0.2, 0.25) is 0 Å². The Balaban J connectivity index is 1.78. The Morgan fingerprint density at radius 3 is 2.50 bits per heavy atom. The van der Waals surface area contributed by atoms with Crippen molar-refractivity contribution >= 4 is 11.6 Å². The van der Waals surface area contributed by atoms with E-state index in [-0.39, 0.29) is 17.2 Å². The van der Waals surface area contributed by atoms with Gasteiger partial charge >= 0.3 is 0 Å². The summed E-state index contributed by atoms with van der Waals surface area (Å²) in [6.07, 6.45) is 6.69. The SMILES string of the molecule is CC(C)(C)c1ccccc1NC(=O)C1CC2C=CC1C2. The Morgan fingerprint density at radius 1 is 1.15 bits per heavy atom. The highest BCUT2D eigenvalue weighted by Gasteiger charge is 2.39. The van der Waals surface area contributed by atoms with Crippen molar-refractivity contribution in [1.82, 2.24) is 0 Å². The van der Waals surface area contributed by atoms with E-state index in [1.54, 1.807) is 0 Å². The van der Waals surface area contributed by atoms with E-state index in [1.165, 1.54) is 12.0 Å². The fourth-order valence-electron chi connectivity index (χ4n) is 3.55. The van der Waals surface area contributed by atoms with Crippen LogP contribution in [-0.4, -0.2) is 5.91 Å². The number of carbonyl (C=O) groups is 1. The van der Waals surface area contributed by atoms with Crippen molar-refractivity contribution in [3.05, 3.63) is 42.0 Å². The molecular formula is C18H23NO. The quantitative estimate of drug-likeness (QED) is 0.803. The number of amides is 1. The lowest BCUT2D eigenvalue weighted by Crippen LogP contribution is -2.27. The van der Waals surface area contributed by atoms with Gasteiger partial charge in [-0.2, -0.15) is 0 Å². The molecule has 1 saturated carbocycles. The summed E-state index contributed by atoms with van der Waals surface area (Å²) < 4.78 is 0. The lowest BCUT2D eigenvalue weighted by Gasteiger charge is -2.24. The smallest absolute Gasteiger partial charge is 0.228 e. The topological polar surface area (TPSA) is 29.1 Å². The van der Waals surface area contributed by atoms with E-state index in [0.717, 1.165) is 12.1 Å². The van der Waals surface area contributed by atoms with Gasteiger partial charge in [0, 0.05) is 11.6 Å². The Hall–Kier alpha value is -1.57. The fraction of sp³-hybridized carbons (Fsp3) is 0.500. The normalized spacial score (nSPS) is 27.9. The molecule has 3 atom stereocenters. The van der Waals surface area contributed by atoms with E-state index >= 15 is 0 Å². The fourth-order valence-corrected chi connectivity index (χ4v) is 3.55. The minimum Gasteiger partial charge on any atom is -0.326 e. The van der Waals surface area contributed by atoms with E-state index in [9.17, 15) is 4.79 Å². The number of benzene rings is 1. The molecule has 1 N–H and O–H groups in total. The van der Waals surface area contributed by atoms with Crippen LogP contribution in [0.15, 0.2) is 36.4 Å². The number of nitrogens with one attached hydrogen (secondary N) is 1. The zero-order chi connectivity index (χ0) is 14.3. The first-order valence-electron chi connectivity index (χ1n) is 7.54. The number of rotatable bonds is 2. The molecule has 0 aromatic heterocycles. The van der Waals surface area contributed by atoms with Crippen molar-refractivity contribution in [2.45, 2.75) is 39.0 Å². The van der Waals surface area contributed by atoms with Gasteiger partial charge in [-0.25, -0.2) is 0 Å². The summed E-state index contributed by atoms with van der Waals surface area (Å²) in [5, 5.41) is 3.17. The molecule has 1 aromatic carbocycles. The highest BCUT2D eigenvalue weighted by atomic mass is 16.1. The largest absolute Gasteiger partial charge is 0.326 e. The summed E-state index contributed by atoms with van der Waals surface area (Å²) in [6.45, 7) is 6.54. The molecule has 2 heteroatoms. The molecule has 3 rings (SSSR count). The van der Waals surface area contributed by atoms with Gasteiger partial charge in [-0.1, -0.05) is 51.1 Å². The van der Waals surface area contributed by atoms with E-state index in [4.69, 9.17) is 0 Å². The Bertz CT molecular complexity index is 553. The average Bonchev–Trinajstić information content (AvgIpc) is 3.00. The molecule has 0 radical (unpaired) electrons. The third-order valence-electron chi connectivity index (χ3n) is 4.61. The van der Waals surface area contributed by atoms with Crippen molar-refractivity contribution in [3.63, 3.8) is 0 Å². The zero-order valence-corrected chi connectivity index (χ0v) is 12.5. The van der Waals surface area contributed by atoms with E-state index < -0.39 is 0 Å². The molecule has 2 aliphatic carbocycles. The molecule has 1 aromatic rings. The maximum absolute atomic E-state index is 12.5. The second kappa shape index (κ2) is 4.76. The number of carbonyl (C=O) groups excluding carboxylic acids is 1. The van der Waals surface area contributed by atoms with Crippen LogP contribution in [0.5, 0.6) is 0 Å². The van der Waals surface area contributed by atoms with Gasteiger partial charge in [-0.05, 0) is 41.7 Å². The van der Waals surface area contributed by atoms with Gasteiger partial charge in [0.1, 0.15) is 0 Å². The third kappa shape index (κ3) is 2.39. The molecular weight excluding hydrogens is 246 g/mol. The van der Waals surface area contributed by atoms with Crippen LogP contribution in [0.3, 0.4) is 0 Å². The first-order chi connectivity index (χ1) is 9.45. The van der Waals surface area contributed by atoms with Gasteiger partial charge in [0.05, 0.1) is 0 Å². The molecule has 2 nitrogen and oxygen atoms in total. The number of allylic oxidation sites excluding steroid dienone is 2. The summed E-state index contributed by atoms with van der Waals surface area (Å²) in [5.74, 6) is 1.45. The molecule has 1 fully saturated rings. The van der Waals surface area contributed by atoms with Crippen LogP contribution < -0.4 is 5.32 Å². The van der Waals surface area contributed by atoms with Gasteiger partial charge in [-0.3, -0.25) is 4.79 Å². The van der Waals surface area contributed by atoms with Crippen molar-refractivity contribution in [2.24, 2.45) is 17.8 Å². The van der Waals surface area contributed by atoms with Crippen LogP contribution in [0.4, 0.5) is 5.69 Å². The molecule has 0 heterocycles. The second-order valence-electron chi connectivity index (χ2n) is 7.17. The summed E-state index contributed by atoms with van der Waals surface area (Å²) >= 11 is 0. The summed E-state index contributed by atoms with van der Waals surface area (Å²) in [4.78, 5) is 12.5. The maximum atomic E-state index is 12.5. The lowest BCUT2D eigenvalue weighted by molar-refractivity contribution is -0.120. The van der Waals surface area contributed by atoms with Gasteiger partial charge in [0.15, 0.2) is 0 Å². The molecule has 0 saturated heterocycles. The van der Waals surface area contributed by atoms with Crippen molar-refractivity contribution in [3.8, 4) is 0 Å². The van der Waals surface area contributed by atoms with Crippen LogP contribution in [-0.2, 0) is 10.2 Å². The number of para-hydroxylation sites is 1. The summed E-state index contributed by atoms with van der Waals surface area (Å²) in [7, 11) is 0.